The fraction of sp³-hybridized carbons (Fsp3) is 0.312. The van der Waals surface area contributed by atoms with E-state index in [4.69, 9.17) is 4.74 Å². The van der Waals surface area contributed by atoms with Crippen LogP contribution in [0, 0.1) is 5.82 Å². The molecule has 1 heterocycles. The molecule has 20 heavy (non-hydrogen) atoms. The molecule has 2 rings (SSSR count). The number of halogens is 1. The molecular formula is C16H19FN2O. The second kappa shape index (κ2) is 7.01. The third kappa shape index (κ3) is 4.31. The molecule has 0 fully saturated rings. The minimum atomic E-state index is -0.255. The van der Waals surface area contributed by atoms with Gasteiger partial charge in [0.25, 0.3) is 0 Å². The maximum atomic E-state index is 12.8. The van der Waals surface area contributed by atoms with Crippen LogP contribution < -0.4 is 10.1 Å². The largest absolute Gasteiger partial charge is 0.492 e. The molecule has 106 valence electrons. The van der Waals surface area contributed by atoms with E-state index in [0.717, 1.165) is 0 Å². The van der Waals surface area contributed by atoms with Gasteiger partial charge in [0.15, 0.2) is 0 Å². The Hall–Kier alpha value is -1.94. The Bertz CT molecular complexity index is 516. The van der Waals surface area contributed by atoms with Crippen LogP contribution in [-0.4, -0.2) is 17.6 Å². The summed E-state index contributed by atoms with van der Waals surface area (Å²) in [6.45, 7) is 4.69. The van der Waals surface area contributed by atoms with Crippen molar-refractivity contribution in [3.05, 3.63) is 60.2 Å². The topological polar surface area (TPSA) is 34.1 Å². The van der Waals surface area contributed by atoms with Crippen LogP contribution in [-0.2, 0) is 0 Å². The van der Waals surface area contributed by atoms with E-state index >= 15 is 0 Å². The van der Waals surface area contributed by atoms with Crippen LogP contribution in [0.25, 0.3) is 0 Å². The first-order valence-electron chi connectivity index (χ1n) is 6.69. The number of ether oxygens (including phenoxy) is 1. The minimum Gasteiger partial charge on any atom is -0.492 e. The monoisotopic (exact) mass is 274 g/mol. The molecule has 4 heteroatoms. The third-order valence-electron chi connectivity index (χ3n) is 3.05. The van der Waals surface area contributed by atoms with Crippen LogP contribution in [0.15, 0.2) is 48.8 Å². The Labute approximate surface area is 118 Å². The van der Waals surface area contributed by atoms with Crippen LogP contribution >= 0.6 is 0 Å². The van der Waals surface area contributed by atoms with Crippen molar-refractivity contribution < 1.29 is 9.13 Å². The van der Waals surface area contributed by atoms with E-state index in [-0.39, 0.29) is 17.9 Å². The summed E-state index contributed by atoms with van der Waals surface area (Å²) in [5.74, 6) is 0.423. The summed E-state index contributed by atoms with van der Waals surface area (Å²) in [6, 6.07) is 10.5. The van der Waals surface area contributed by atoms with Crippen molar-refractivity contribution in [2.75, 3.05) is 6.61 Å². The van der Waals surface area contributed by atoms with Gasteiger partial charge in [0.05, 0.1) is 0 Å². The molecule has 1 aromatic carbocycles. The van der Waals surface area contributed by atoms with Gasteiger partial charge in [0.1, 0.15) is 18.2 Å². The summed E-state index contributed by atoms with van der Waals surface area (Å²) in [7, 11) is 0. The number of benzene rings is 1. The maximum absolute atomic E-state index is 12.8. The van der Waals surface area contributed by atoms with Crippen LogP contribution in [0.2, 0.25) is 0 Å². The predicted molar refractivity (Wildman–Crippen MR) is 77.1 cm³/mol. The van der Waals surface area contributed by atoms with Gasteiger partial charge in [-0.15, -0.1) is 0 Å². The van der Waals surface area contributed by atoms with Gasteiger partial charge in [-0.25, -0.2) is 4.39 Å². The predicted octanol–water partition coefficient (Wildman–Crippen LogP) is 3.34. The molecule has 0 aliphatic carbocycles. The van der Waals surface area contributed by atoms with Crippen molar-refractivity contribution >= 4 is 0 Å². The van der Waals surface area contributed by atoms with Crippen molar-refractivity contribution in [3.63, 3.8) is 0 Å². The zero-order chi connectivity index (χ0) is 14.4. The molecule has 0 aliphatic rings. The number of hydrogen-bond donors (Lipinski definition) is 1. The Balaban J connectivity index is 1.80. The smallest absolute Gasteiger partial charge is 0.123 e. The third-order valence-corrected chi connectivity index (χ3v) is 3.05. The Morgan fingerprint density at radius 2 is 1.75 bits per heavy atom. The summed E-state index contributed by atoms with van der Waals surface area (Å²) in [6.07, 6.45) is 3.57. The maximum Gasteiger partial charge on any atom is 0.123 e. The van der Waals surface area contributed by atoms with Crippen molar-refractivity contribution in [2.24, 2.45) is 0 Å². The first-order chi connectivity index (χ1) is 9.65. The molecule has 0 unspecified atom stereocenters. The number of nitrogens with one attached hydrogen (secondary N) is 1. The van der Waals surface area contributed by atoms with Gasteiger partial charge in [-0.05, 0) is 55.8 Å². The van der Waals surface area contributed by atoms with E-state index in [0.29, 0.717) is 12.4 Å². The lowest BCUT2D eigenvalue weighted by molar-refractivity contribution is 0.263. The highest BCUT2D eigenvalue weighted by atomic mass is 19.1. The second-order valence-corrected chi connectivity index (χ2v) is 4.83. The molecule has 2 atom stereocenters. The number of aromatic nitrogens is 1. The molecule has 0 aliphatic heterocycles. The van der Waals surface area contributed by atoms with Crippen molar-refractivity contribution in [1.82, 2.24) is 10.3 Å². The van der Waals surface area contributed by atoms with E-state index in [1.165, 1.54) is 17.7 Å². The fourth-order valence-electron chi connectivity index (χ4n) is 1.98. The first-order valence-corrected chi connectivity index (χ1v) is 6.69. The normalized spacial score (nSPS) is 13.8. The quantitative estimate of drug-likeness (QED) is 0.877. The SMILES string of the molecule is C[C@@H](COc1ccc(F)cc1)N[C@H](C)c1ccncc1. The molecule has 0 bridgehead atoms. The number of hydrogen-bond acceptors (Lipinski definition) is 3. The Kier molecular flexibility index (Phi) is 5.07. The summed E-state index contributed by atoms with van der Waals surface area (Å²) in [4.78, 5) is 4.01. The van der Waals surface area contributed by atoms with Gasteiger partial charge in [0, 0.05) is 24.5 Å². The van der Waals surface area contributed by atoms with E-state index in [2.05, 4.69) is 24.1 Å². The van der Waals surface area contributed by atoms with E-state index < -0.39 is 0 Å². The van der Waals surface area contributed by atoms with Crippen LogP contribution in [0.1, 0.15) is 25.5 Å². The molecular weight excluding hydrogens is 255 g/mol. The lowest BCUT2D eigenvalue weighted by Gasteiger charge is -2.20. The summed E-state index contributed by atoms with van der Waals surface area (Å²) in [5, 5.41) is 3.45. The molecule has 0 saturated carbocycles. The van der Waals surface area contributed by atoms with Gasteiger partial charge < -0.3 is 10.1 Å². The van der Waals surface area contributed by atoms with Crippen molar-refractivity contribution in [2.45, 2.75) is 25.9 Å². The lowest BCUT2D eigenvalue weighted by atomic mass is 10.1. The highest BCUT2D eigenvalue weighted by molar-refractivity contribution is 5.22. The van der Waals surface area contributed by atoms with E-state index in [9.17, 15) is 4.39 Å². The van der Waals surface area contributed by atoms with Gasteiger partial charge in [-0.2, -0.15) is 0 Å². The molecule has 3 nitrogen and oxygen atoms in total. The molecule has 0 amide bonds. The molecule has 1 aromatic heterocycles. The summed E-state index contributed by atoms with van der Waals surface area (Å²) < 4.78 is 18.4. The van der Waals surface area contributed by atoms with Crippen LogP contribution in [0.5, 0.6) is 5.75 Å². The van der Waals surface area contributed by atoms with Gasteiger partial charge >= 0.3 is 0 Å². The Morgan fingerprint density at radius 1 is 1.10 bits per heavy atom. The van der Waals surface area contributed by atoms with Crippen LogP contribution in [0.3, 0.4) is 0 Å². The highest BCUT2D eigenvalue weighted by Gasteiger charge is 2.09. The average molecular weight is 274 g/mol. The number of pyridine rings is 1. The van der Waals surface area contributed by atoms with E-state index in [1.807, 2.05) is 12.1 Å². The summed E-state index contributed by atoms with van der Waals surface area (Å²) in [5.41, 5.74) is 1.19. The standard InChI is InChI=1S/C16H19FN2O/c1-12(11-20-16-5-3-15(17)4-6-16)19-13(2)14-7-9-18-10-8-14/h3-10,12-13,19H,11H2,1-2H3/t12-,13+/m0/s1. The van der Waals surface area contributed by atoms with Crippen LogP contribution in [0.4, 0.5) is 4.39 Å². The van der Waals surface area contributed by atoms with Gasteiger partial charge in [0.2, 0.25) is 0 Å². The minimum absolute atomic E-state index is 0.184. The zero-order valence-corrected chi connectivity index (χ0v) is 11.7. The molecule has 1 N–H and O–H groups in total. The molecule has 0 saturated heterocycles. The second-order valence-electron chi connectivity index (χ2n) is 4.83. The fourth-order valence-corrected chi connectivity index (χ4v) is 1.98. The average Bonchev–Trinajstić information content (AvgIpc) is 2.47. The molecule has 0 spiro atoms. The van der Waals surface area contributed by atoms with Crippen molar-refractivity contribution in [1.29, 1.82) is 0 Å². The lowest BCUT2D eigenvalue weighted by Crippen LogP contribution is -2.33. The molecule has 2 aromatic rings. The van der Waals surface area contributed by atoms with E-state index in [1.54, 1.807) is 24.5 Å². The zero-order valence-electron chi connectivity index (χ0n) is 11.7. The van der Waals surface area contributed by atoms with Gasteiger partial charge in [-0.3, -0.25) is 4.98 Å². The number of nitrogens with zero attached hydrogens (tertiary/aromatic N) is 1. The highest BCUT2D eigenvalue weighted by Crippen LogP contribution is 2.13. The number of rotatable bonds is 6. The molecule has 0 radical (unpaired) electrons. The first kappa shape index (κ1) is 14.5. The Morgan fingerprint density at radius 3 is 2.40 bits per heavy atom. The summed E-state index contributed by atoms with van der Waals surface area (Å²) >= 11 is 0. The van der Waals surface area contributed by atoms with Crippen molar-refractivity contribution in [3.8, 4) is 5.75 Å². The van der Waals surface area contributed by atoms with Gasteiger partial charge in [-0.1, -0.05) is 0 Å².